The first-order chi connectivity index (χ1) is 11.5. The topological polar surface area (TPSA) is 16.4 Å². The SMILES string of the molecule is Cc1cc2oc3ccccc3c2cc1N1C(C)C2CCC1C2(C)C. The molecule has 1 aliphatic carbocycles. The second-order valence-corrected chi connectivity index (χ2v) is 8.40. The number of hydrogen-bond acceptors (Lipinski definition) is 2. The Morgan fingerprint density at radius 1 is 1.04 bits per heavy atom. The van der Waals surface area contributed by atoms with Gasteiger partial charge in [-0.3, -0.25) is 0 Å². The Balaban J connectivity index is 1.72. The van der Waals surface area contributed by atoms with Gasteiger partial charge < -0.3 is 9.32 Å². The zero-order chi connectivity index (χ0) is 16.6. The van der Waals surface area contributed by atoms with Crippen LogP contribution in [-0.4, -0.2) is 12.1 Å². The number of para-hydroxylation sites is 1. The highest BCUT2D eigenvalue weighted by atomic mass is 16.3. The Hall–Kier alpha value is -1.96. The van der Waals surface area contributed by atoms with Crippen LogP contribution in [0.15, 0.2) is 40.8 Å². The molecule has 2 bridgehead atoms. The number of aryl methyl sites for hydroxylation is 1. The van der Waals surface area contributed by atoms with Crippen LogP contribution < -0.4 is 4.90 Å². The number of benzene rings is 2. The van der Waals surface area contributed by atoms with Crippen molar-refractivity contribution in [2.24, 2.45) is 11.3 Å². The fraction of sp³-hybridized carbons (Fsp3) is 0.455. The lowest BCUT2D eigenvalue weighted by Crippen LogP contribution is -2.40. The van der Waals surface area contributed by atoms with Crippen molar-refractivity contribution in [1.29, 1.82) is 0 Å². The first-order valence-corrected chi connectivity index (χ1v) is 9.18. The predicted molar refractivity (Wildman–Crippen MR) is 101 cm³/mol. The summed E-state index contributed by atoms with van der Waals surface area (Å²) in [6.45, 7) is 9.58. The number of piperidine rings is 1. The van der Waals surface area contributed by atoms with Crippen molar-refractivity contribution in [3.63, 3.8) is 0 Å². The summed E-state index contributed by atoms with van der Waals surface area (Å²) in [4.78, 5) is 2.71. The predicted octanol–water partition coefficient (Wildman–Crippen LogP) is 5.91. The zero-order valence-electron chi connectivity index (χ0n) is 15.0. The van der Waals surface area contributed by atoms with Crippen LogP contribution in [0.25, 0.3) is 21.9 Å². The zero-order valence-corrected chi connectivity index (χ0v) is 15.0. The molecule has 2 aliphatic rings. The van der Waals surface area contributed by atoms with Crippen molar-refractivity contribution < 1.29 is 4.42 Å². The number of rotatable bonds is 1. The smallest absolute Gasteiger partial charge is 0.135 e. The fourth-order valence-electron chi connectivity index (χ4n) is 5.69. The van der Waals surface area contributed by atoms with Gasteiger partial charge in [0.2, 0.25) is 0 Å². The Bertz CT molecular complexity index is 951. The summed E-state index contributed by atoms with van der Waals surface area (Å²) in [5.74, 6) is 0.804. The highest BCUT2D eigenvalue weighted by molar-refractivity contribution is 6.06. The average Bonchev–Trinajstić information content (AvgIpc) is 3.11. The number of furan rings is 1. The molecule has 124 valence electrons. The molecule has 1 aliphatic heterocycles. The van der Waals surface area contributed by atoms with E-state index in [0.29, 0.717) is 17.5 Å². The van der Waals surface area contributed by atoms with E-state index < -0.39 is 0 Å². The van der Waals surface area contributed by atoms with Gasteiger partial charge in [-0.2, -0.15) is 0 Å². The monoisotopic (exact) mass is 319 g/mol. The molecular weight excluding hydrogens is 294 g/mol. The first kappa shape index (κ1) is 14.4. The van der Waals surface area contributed by atoms with Crippen molar-refractivity contribution >= 4 is 27.6 Å². The molecular formula is C22H25NO. The van der Waals surface area contributed by atoms with E-state index in [1.165, 1.54) is 34.9 Å². The van der Waals surface area contributed by atoms with Crippen molar-refractivity contribution in [2.45, 2.75) is 52.6 Å². The molecule has 0 N–H and O–H groups in total. The van der Waals surface area contributed by atoms with Crippen LogP contribution in [-0.2, 0) is 0 Å². The molecule has 2 nitrogen and oxygen atoms in total. The van der Waals surface area contributed by atoms with E-state index in [4.69, 9.17) is 4.42 Å². The molecule has 0 amide bonds. The van der Waals surface area contributed by atoms with Crippen LogP contribution in [0.5, 0.6) is 0 Å². The third-order valence-corrected chi connectivity index (χ3v) is 6.90. The molecule has 3 unspecified atom stereocenters. The van der Waals surface area contributed by atoms with Crippen molar-refractivity contribution in [1.82, 2.24) is 0 Å². The molecule has 2 aromatic carbocycles. The average molecular weight is 319 g/mol. The van der Waals surface area contributed by atoms with Crippen molar-refractivity contribution in [3.8, 4) is 0 Å². The maximum Gasteiger partial charge on any atom is 0.135 e. The van der Waals surface area contributed by atoms with Gasteiger partial charge in [0.05, 0.1) is 0 Å². The molecule has 0 radical (unpaired) electrons. The Labute approximate surface area is 143 Å². The first-order valence-electron chi connectivity index (χ1n) is 9.18. The van der Waals surface area contributed by atoms with E-state index in [1.807, 2.05) is 6.07 Å². The fourth-order valence-corrected chi connectivity index (χ4v) is 5.69. The molecule has 3 atom stereocenters. The minimum Gasteiger partial charge on any atom is -0.456 e. The van der Waals surface area contributed by atoms with Crippen molar-refractivity contribution in [2.75, 3.05) is 4.90 Å². The van der Waals surface area contributed by atoms with E-state index in [-0.39, 0.29) is 0 Å². The molecule has 24 heavy (non-hydrogen) atoms. The maximum absolute atomic E-state index is 6.06. The molecule has 1 saturated carbocycles. The second-order valence-electron chi connectivity index (χ2n) is 8.40. The molecule has 1 aromatic heterocycles. The van der Waals surface area contributed by atoms with Crippen molar-refractivity contribution in [3.05, 3.63) is 42.0 Å². The Morgan fingerprint density at radius 3 is 2.58 bits per heavy atom. The van der Waals surface area contributed by atoms with E-state index >= 15 is 0 Å². The lowest BCUT2D eigenvalue weighted by atomic mass is 9.80. The van der Waals surface area contributed by atoms with E-state index in [2.05, 4.69) is 62.9 Å². The molecule has 2 heteroatoms. The molecule has 1 saturated heterocycles. The van der Waals surface area contributed by atoms with Gasteiger partial charge >= 0.3 is 0 Å². The van der Waals surface area contributed by atoms with Gasteiger partial charge in [0.15, 0.2) is 0 Å². The van der Waals surface area contributed by atoms with Gasteiger partial charge in [0, 0.05) is 28.5 Å². The molecule has 5 rings (SSSR count). The number of anilines is 1. The summed E-state index contributed by atoms with van der Waals surface area (Å²) in [6.07, 6.45) is 2.71. The maximum atomic E-state index is 6.06. The van der Waals surface area contributed by atoms with Crippen LogP contribution in [0, 0.1) is 18.3 Å². The quantitative estimate of drug-likeness (QED) is 0.554. The Kier molecular flexibility index (Phi) is 2.73. The highest BCUT2D eigenvalue weighted by Crippen LogP contribution is 2.56. The summed E-state index contributed by atoms with van der Waals surface area (Å²) >= 11 is 0. The molecule has 2 heterocycles. The lowest BCUT2D eigenvalue weighted by molar-refractivity contribution is 0.286. The summed E-state index contributed by atoms with van der Waals surface area (Å²) in [7, 11) is 0. The minimum atomic E-state index is 0.416. The van der Waals surface area contributed by atoms with Crippen LogP contribution in [0.3, 0.4) is 0 Å². The van der Waals surface area contributed by atoms with E-state index in [1.54, 1.807) is 0 Å². The third kappa shape index (κ3) is 1.67. The van der Waals surface area contributed by atoms with Crippen LogP contribution in [0.1, 0.15) is 39.2 Å². The summed E-state index contributed by atoms with van der Waals surface area (Å²) in [6, 6.07) is 14.3. The number of nitrogens with zero attached hydrogens (tertiary/aromatic N) is 1. The molecule has 2 fully saturated rings. The molecule has 3 aromatic rings. The summed E-state index contributed by atoms with van der Waals surface area (Å²) in [5, 5.41) is 2.48. The van der Waals surface area contributed by atoms with Gasteiger partial charge in [0.25, 0.3) is 0 Å². The highest BCUT2D eigenvalue weighted by Gasteiger charge is 2.56. The van der Waals surface area contributed by atoms with E-state index in [0.717, 1.165) is 17.1 Å². The molecule has 0 spiro atoms. The number of hydrogen-bond donors (Lipinski definition) is 0. The van der Waals surface area contributed by atoms with Gasteiger partial charge in [-0.05, 0) is 61.8 Å². The number of fused-ring (bicyclic) bond motifs is 5. The van der Waals surface area contributed by atoms with Gasteiger partial charge in [-0.15, -0.1) is 0 Å². The van der Waals surface area contributed by atoms with Gasteiger partial charge in [0.1, 0.15) is 11.2 Å². The van der Waals surface area contributed by atoms with Crippen LogP contribution in [0.2, 0.25) is 0 Å². The summed E-state index contributed by atoms with van der Waals surface area (Å²) in [5.41, 5.74) is 5.15. The summed E-state index contributed by atoms with van der Waals surface area (Å²) < 4.78 is 6.06. The van der Waals surface area contributed by atoms with Gasteiger partial charge in [-0.25, -0.2) is 0 Å². The second kappa shape index (κ2) is 4.56. The van der Waals surface area contributed by atoms with Gasteiger partial charge in [-0.1, -0.05) is 32.0 Å². The largest absolute Gasteiger partial charge is 0.456 e. The van der Waals surface area contributed by atoms with Crippen LogP contribution >= 0.6 is 0 Å². The van der Waals surface area contributed by atoms with Crippen LogP contribution in [0.4, 0.5) is 5.69 Å². The third-order valence-electron chi connectivity index (χ3n) is 6.90. The van der Waals surface area contributed by atoms with E-state index in [9.17, 15) is 0 Å². The lowest BCUT2D eigenvalue weighted by Gasteiger charge is -2.36. The minimum absolute atomic E-state index is 0.416. The normalized spacial score (nSPS) is 28.3. The standard InChI is InChI=1S/C22H25NO/c1-13-11-20-16(15-7-5-6-8-19(15)24-20)12-18(13)23-14(2)17-9-10-21(23)22(17,3)4/h5-8,11-12,14,17,21H,9-10H2,1-4H3. The Morgan fingerprint density at radius 2 is 1.83 bits per heavy atom.